The van der Waals surface area contributed by atoms with Crippen LogP contribution in [-0.4, -0.2) is 16.9 Å². The quantitative estimate of drug-likeness (QED) is 0.696. The summed E-state index contributed by atoms with van der Waals surface area (Å²) in [5, 5.41) is 1.33. The Kier molecular flexibility index (Phi) is 2.15. The van der Waals surface area contributed by atoms with Crippen LogP contribution in [0.5, 0.6) is 0 Å². The first-order valence-corrected chi connectivity index (χ1v) is 5.27. The van der Waals surface area contributed by atoms with Crippen LogP contribution in [-0.2, 0) is 19.5 Å². The van der Waals surface area contributed by atoms with Crippen molar-refractivity contribution in [3.05, 3.63) is 15.6 Å². The van der Waals surface area contributed by atoms with Gasteiger partial charge in [0.2, 0.25) is 0 Å². The molecule has 0 bridgehead atoms. The first-order valence-electron chi connectivity index (χ1n) is 4.45. The van der Waals surface area contributed by atoms with Crippen LogP contribution in [0.15, 0.2) is 0 Å². The minimum Gasteiger partial charge on any atom is -0.295 e. The minimum absolute atomic E-state index is 1.05. The molecule has 1 aliphatic heterocycles. The van der Waals surface area contributed by atoms with Crippen LogP contribution in [0.2, 0.25) is 0 Å². The molecule has 2 heterocycles. The van der Waals surface area contributed by atoms with Gasteiger partial charge < -0.3 is 0 Å². The molecule has 3 heteroatoms. The highest BCUT2D eigenvalue weighted by atomic mass is 32.1. The second-order valence-electron chi connectivity index (χ2n) is 3.40. The Morgan fingerprint density at radius 1 is 1.50 bits per heavy atom. The summed E-state index contributed by atoms with van der Waals surface area (Å²) in [7, 11) is 2.15. The highest BCUT2D eigenvalue weighted by Gasteiger charge is 2.19. The Hall–Kier alpha value is -0.410. The van der Waals surface area contributed by atoms with Crippen molar-refractivity contribution < 1.29 is 0 Å². The van der Waals surface area contributed by atoms with Crippen molar-refractivity contribution in [2.75, 3.05) is 7.05 Å². The normalized spacial score (nSPS) is 16.8. The second-order valence-corrected chi connectivity index (χ2v) is 4.57. The lowest BCUT2D eigenvalue weighted by molar-refractivity contribution is 0.351. The van der Waals surface area contributed by atoms with Gasteiger partial charge in [-0.25, -0.2) is 4.98 Å². The number of aryl methyl sites for hydroxylation is 1. The zero-order chi connectivity index (χ0) is 8.55. The molecule has 0 aliphatic carbocycles. The smallest absolute Gasteiger partial charge is 0.0932 e. The number of hydrogen-bond donors (Lipinski definition) is 0. The molecule has 0 fully saturated rings. The summed E-state index contributed by atoms with van der Waals surface area (Å²) >= 11 is 1.90. The fraction of sp³-hybridized carbons (Fsp3) is 0.667. The summed E-state index contributed by atoms with van der Waals surface area (Å²) in [6.45, 7) is 4.37. The van der Waals surface area contributed by atoms with Gasteiger partial charge in [0.05, 0.1) is 10.7 Å². The van der Waals surface area contributed by atoms with Crippen molar-refractivity contribution in [1.29, 1.82) is 0 Å². The first kappa shape index (κ1) is 8.20. The molecule has 2 rings (SSSR count). The van der Waals surface area contributed by atoms with Gasteiger partial charge in [-0.15, -0.1) is 11.3 Å². The molecule has 12 heavy (non-hydrogen) atoms. The average Bonchev–Trinajstić information content (AvgIpc) is 2.44. The Bertz CT molecular complexity index is 257. The van der Waals surface area contributed by atoms with Gasteiger partial charge in [-0.05, 0) is 19.9 Å². The Labute approximate surface area is 77.2 Å². The van der Waals surface area contributed by atoms with Crippen LogP contribution in [0.4, 0.5) is 0 Å². The molecule has 0 amide bonds. The Morgan fingerprint density at radius 3 is 3.00 bits per heavy atom. The summed E-state index contributed by atoms with van der Waals surface area (Å²) in [5.74, 6) is 0. The van der Waals surface area contributed by atoms with Crippen LogP contribution in [0.1, 0.15) is 28.9 Å². The summed E-state index contributed by atoms with van der Waals surface area (Å²) in [6.07, 6.45) is 2.36. The third kappa shape index (κ3) is 1.39. The SMILES string of the molecule is CCCc1nc2c(s1)CN(C)C2. The molecule has 0 atom stereocenters. The van der Waals surface area contributed by atoms with Gasteiger partial charge >= 0.3 is 0 Å². The van der Waals surface area contributed by atoms with Crippen LogP contribution in [0.3, 0.4) is 0 Å². The van der Waals surface area contributed by atoms with Gasteiger partial charge in [0.25, 0.3) is 0 Å². The van der Waals surface area contributed by atoms with Crippen LogP contribution >= 0.6 is 11.3 Å². The lowest BCUT2D eigenvalue weighted by atomic mass is 10.3. The Morgan fingerprint density at radius 2 is 2.33 bits per heavy atom. The fourth-order valence-corrected chi connectivity index (χ4v) is 2.82. The van der Waals surface area contributed by atoms with Gasteiger partial charge in [-0.1, -0.05) is 6.92 Å². The highest BCUT2D eigenvalue weighted by Crippen LogP contribution is 2.27. The summed E-state index contributed by atoms with van der Waals surface area (Å²) in [6, 6.07) is 0. The standard InChI is InChI=1S/C9H14N2S/c1-3-4-9-10-7-5-11(2)6-8(7)12-9/h3-6H2,1-2H3. The molecule has 0 spiro atoms. The maximum Gasteiger partial charge on any atom is 0.0932 e. The number of hydrogen-bond acceptors (Lipinski definition) is 3. The molecule has 0 radical (unpaired) electrons. The van der Waals surface area contributed by atoms with Gasteiger partial charge in [0.15, 0.2) is 0 Å². The molecule has 0 N–H and O–H groups in total. The monoisotopic (exact) mass is 182 g/mol. The molecular formula is C9H14N2S. The van der Waals surface area contributed by atoms with E-state index in [1.165, 1.54) is 22.0 Å². The van der Waals surface area contributed by atoms with Gasteiger partial charge in [-0.3, -0.25) is 4.90 Å². The van der Waals surface area contributed by atoms with Crippen molar-refractivity contribution in [2.45, 2.75) is 32.9 Å². The van der Waals surface area contributed by atoms with Gasteiger partial charge in [0, 0.05) is 18.0 Å². The van der Waals surface area contributed by atoms with E-state index in [9.17, 15) is 0 Å². The molecule has 2 nitrogen and oxygen atoms in total. The number of nitrogens with zero attached hydrogens (tertiary/aromatic N) is 2. The van der Waals surface area contributed by atoms with Crippen LogP contribution in [0.25, 0.3) is 0 Å². The lowest BCUT2D eigenvalue weighted by Gasteiger charge is -2.03. The van der Waals surface area contributed by atoms with Crippen molar-refractivity contribution in [3.63, 3.8) is 0 Å². The minimum atomic E-state index is 1.05. The maximum absolute atomic E-state index is 4.61. The molecule has 0 saturated heterocycles. The van der Waals surface area contributed by atoms with Crippen molar-refractivity contribution >= 4 is 11.3 Å². The predicted octanol–water partition coefficient (Wildman–Crippen LogP) is 2.04. The molecular weight excluding hydrogens is 168 g/mol. The molecule has 0 unspecified atom stereocenters. The summed E-state index contributed by atoms with van der Waals surface area (Å²) in [4.78, 5) is 8.40. The number of aromatic nitrogens is 1. The molecule has 1 aromatic heterocycles. The zero-order valence-corrected chi connectivity index (χ0v) is 8.45. The molecule has 66 valence electrons. The van der Waals surface area contributed by atoms with Crippen molar-refractivity contribution in [2.24, 2.45) is 0 Å². The molecule has 1 aliphatic rings. The number of rotatable bonds is 2. The molecule has 0 aromatic carbocycles. The number of fused-ring (bicyclic) bond motifs is 1. The van der Waals surface area contributed by atoms with E-state index in [2.05, 4.69) is 23.9 Å². The van der Waals surface area contributed by atoms with Gasteiger partial charge in [-0.2, -0.15) is 0 Å². The van der Waals surface area contributed by atoms with E-state index in [4.69, 9.17) is 0 Å². The lowest BCUT2D eigenvalue weighted by Crippen LogP contribution is -2.08. The molecule has 0 saturated carbocycles. The van der Waals surface area contributed by atoms with E-state index in [-0.39, 0.29) is 0 Å². The predicted molar refractivity (Wildman–Crippen MR) is 51.3 cm³/mol. The summed E-state index contributed by atoms with van der Waals surface area (Å²) < 4.78 is 0. The first-order chi connectivity index (χ1) is 5.79. The largest absolute Gasteiger partial charge is 0.295 e. The third-order valence-corrected chi connectivity index (χ3v) is 3.26. The third-order valence-electron chi connectivity index (χ3n) is 2.12. The van der Waals surface area contributed by atoms with Crippen LogP contribution < -0.4 is 0 Å². The van der Waals surface area contributed by atoms with E-state index in [1.807, 2.05) is 11.3 Å². The van der Waals surface area contributed by atoms with E-state index in [0.717, 1.165) is 19.5 Å². The van der Waals surface area contributed by atoms with Crippen molar-refractivity contribution in [3.8, 4) is 0 Å². The Balaban J connectivity index is 2.17. The average molecular weight is 182 g/mol. The maximum atomic E-state index is 4.61. The van der Waals surface area contributed by atoms with Crippen molar-refractivity contribution in [1.82, 2.24) is 9.88 Å². The van der Waals surface area contributed by atoms with Crippen LogP contribution in [0, 0.1) is 0 Å². The summed E-state index contributed by atoms with van der Waals surface area (Å²) in [5.41, 5.74) is 1.32. The highest BCUT2D eigenvalue weighted by molar-refractivity contribution is 7.11. The van der Waals surface area contributed by atoms with E-state index in [1.54, 1.807) is 0 Å². The number of thiazole rings is 1. The van der Waals surface area contributed by atoms with E-state index in [0.29, 0.717) is 0 Å². The zero-order valence-electron chi connectivity index (χ0n) is 7.63. The fourth-order valence-electron chi connectivity index (χ4n) is 1.56. The molecule has 1 aromatic rings. The van der Waals surface area contributed by atoms with E-state index < -0.39 is 0 Å². The van der Waals surface area contributed by atoms with Gasteiger partial charge in [0.1, 0.15) is 0 Å². The topological polar surface area (TPSA) is 16.1 Å². The van der Waals surface area contributed by atoms with E-state index >= 15 is 0 Å². The second kappa shape index (κ2) is 3.15.